The fourth-order valence-corrected chi connectivity index (χ4v) is 0.144. The Morgan fingerprint density at radius 3 is 1.47 bits per heavy atom. The minimum atomic E-state index is -4.64. The zero-order valence-electron chi connectivity index (χ0n) is 8.53. The van der Waals surface area contributed by atoms with Crippen LogP contribution < -0.4 is 0 Å². The molecular formula is C6H17O8P. The Morgan fingerprint density at radius 1 is 1.20 bits per heavy atom. The molecule has 0 aliphatic heterocycles. The zero-order valence-corrected chi connectivity index (χ0v) is 9.42. The van der Waals surface area contributed by atoms with Gasteiger partial charge in [0, 0.05) is 6.42 Å². The highest BCUT2D eigenvalue weighted by Crippen LogP contribution is 2.25. The number of rotatable bonds is 2. The third-order valence-electron chi connectivity index (χ3n) is 0.616. The minimum Gasteiger partial charge on any atom is -0.469 e. The van der Waals surface area contributed by atoms with Crippen LogP contribution in [-0.2, 0) is 14.1 Å². The summed E-state index contributed by atoms with van der Waals surface area (Å²) in [4.78, 5) is 31.5. The molecular weight excluding hydrogens is 231 g/mol. The smallest absolute Gasteiger partial charge is 0.466 e. The van der Waals surface area contributed by atoms with Gasteiger partial charge >= 0.3 is 13.8 Å². The molecule has 0 aliphatic rings. The second-order valence-corrected chi connectivity index (χ2v) is 2.92. The summed E-state index contributed by atoms with van der Waals surface area (Å²) >= 11 is 0. The van der Waals surface area contributed by atoms with Crippen LogP contribution in [0.25, 0.3) is 0 Å². The Morgan fingerprint density at radius 2 is 1.47 bits per heavy atom. The van der Waals surface area contributed by atoms with Gasteiger partial charge in [-0.25, -0.2) is 4.57 Å². The molecule has 0 atom stereocenters. The van der Waals surface area contributed by atoms with Crippen LogP contribution in [0.2, 0.25) is 0 Å². The Labute approximate surface area is 87.4 Å². The van der Waals surface area contributed by atoms with Gasteiger partial charge in [-0.1, -0.05) is 6.92 Å². The van der Waals surface area contributed by atoms with E-state index in [0.717, 1.165) is 0 Å². The van der Waals surface area contributed by atoms with Gasteiger partial charge in [0.1, 0.15) is 0 Å². The van der Waals surface area contributed by atoms with Gasteiger partial charge in [0.05, 0.1) is 20.3 Å². The fourth-order valence-electron chi connectivity index (χ4n) is 0.144. The maximum atomic E-state index is 9.96. The predicted molar refractivity (Wildman–Crippen MR) is 50.7 cm³/mol. The van der Waals surface area contributed by atoms with Gasteiger partial charge in [-0.15, -0.1) is 0 Å². The van der Waals surface area contributed by atoms with Crippen LogP contribution in [0, 0.1) is 0 Å². The van der Waals surface area contributed by atoms with E-state index in [4.69, 9.17) is 29.5 Å². The molecule has 0 radical (unpaired) electrons. The number of hydrogen-bond donors (Lipinski definition) is 5. The van der Waals surface area contributed by atoms with Crippen LogP contribution in [0.15, 0.2) is 0 Å². The molecule has 0 fully saturated rings. The molecule has 15 heavy (non-hydrogen) atoms. The van der Waals surface area contributed by atoms with E-state index in [-0.39, 0.29) is 19.2 Å². The second-order valence-electron chi connectivity index (χ2n) is 1.89. The average Bonchev–Trinajstić information content (AvgIpc) is 2.14. The van der Waals surface area contributed by atoms with E-state index in [1.165, 1.54) is 7.11 Å². The van der Waals surface area contributed by atoms with Crippen molar-refractivity contribution in [3.05, 3.63) is 0 Å². The van der Waals surface area contributed by atoms with Crippen molar-refractivity contribution < 1.29 is 39.0 Å². The standard InChI is InChI=1S/C4H8O2.C2H6O2.H3O4P/c1-3-4(5)6-2;3-1-2-4;1-5(2,3)4/h3H2,1-2H3;3-4H,1-2H2;(H3,1,2,3,4). The highest BCUT2D eigenvalue weighted by atomic mass is 31.2. The molecule has 0 heterocycles. The maximum absolute atomic E-state index is 9.96. The van der Waals surface area contributed by atoms with E-state index in [2.05, 4.69) is 4.74 Å². The van der Waals surface area contributed by atoms with Gasteiger partial charge in [-0.2, -0.15) is 0 Å². The van der Waals surface area contributed by atoms with Crippen molar-refractivity contribution in [2.75, 3.05) is 20.3 Å². The van der Waals surface area contributed by atoms with Crippen molar-refractivity contribution in [3.8, 4) is 0 Å². The molecule has 0 spiro atoms. The number of ether oxygens (including phenoxy) is 1. The molecule has 0 unspecified atom stereocenters. The van der Waals surface area contributed by atoms with E-state index in [1.807, 2.05) is 0 Å². The van der Waals surface area contributed by atoms with Crippen LogP contribution in [0.3, 0.4) is 0 Å². The molecule has 0 amide bonds. The topological polar surface area (TPSA) is 145 Å². The summed E-state index contributed by atoms with van der Waals surface area (Å²) < 4.78 is 13.1. The molecule has 0 aromatic heterocycles. The van der Waals surface area contributed by atoms with E-state index in [1.54, 1.807) is 6.92 Å². The summed E-state index contributed by atoms with van der Waals surface area (Å²) in [5.74, 6) is -0.157. The molecule has 8 nitrogen and oxygen atoms in total. The SMILES string of the molecule is CCC(=O)OC.O=P(O)(O)O.OCCO. The molecule has 0 saturated heterocycles. The first kappa shape index (κ1) is 20.0. The number of aliphatic hydroxyl groups excluding tert-OH is 2. The first-order valence-electron chi connectivity index (χ1n) is 3.79. The van der Waals surface area contributed by atoms with Crippen LogP contribution >= 0.6 is 7.82 Å². The third-order valence-corrected chi connectivity index (χ3v) is 0.616. The first-order valence-corrected chi connectivity index (χ1v) is 5.36. The highest BCUT2D eigenvalue weighted by Gasteiger charge is 2.00. The van der Waals surface area contributed by atoms with Crippen molar-refractivity contribution in [3.63, 3.8) is 0 Å². The normalized spacial score (nSPS) is 9.00. The highest BCUT2D eigenvalue weighted by molar-refractivity contribution is 7.45. The lowest BCUT2D eigenvalue weighted by Crippen LogP contribution is -1.94. The molecule has 0 saturated carbocycles. The van der Waals surface area contributed by atoms with Crippen molar-refractivity contribution in [1.29, 1.82) is 0 Å². The average molecular weight is 248 g/mol. The number of phosphoric acid groups is 1. The van der Waals surface area contributed by atoms with Crippen molar-refractivity contribution in [1.82, 2.24) is 0 Å². The largest absolute Gasteiger partial charge is 0.469 e. The number of carbonyl (C=O) groups excluding carboxylic acids is 1. The predicted octanol–water partition coefficient (Wildman–Crippen LogP) is -1.39. The second kappa shape index (κ2) is 13.5. The number of carbonyl (C=O) groups is 1. The van der Waals surface area contributed by atoms with Gasteiger partial charge in [-0.05, 0) is 0 Å². The first-order chi connectivity index (χ1) is 6.72. The van der Waals surface area contributed by atoms with E-state index in [0.29, 0.717) is 6.42 Å². The molecule has 9 heteroatoms. The van der Waals surface area contributed by atoms with Gasteiger partial charge < -0.3 is 29.6 Å². The summed E-state index contributed by atoms with van der Waals surface area (Å²) in [6.07, 6.45) is 0.469. The van der Waals surface area contributed by atoms with Crippen molar-refractivity contribution in [2.45, 2.75) is 13.3 Å². The monoisotopic (exact) mass is 248 g/mol. The summed E-state index contributed by atoms with van der Waals surface area (Å²) in [6, 6.07) is 0. The Kier molecular flexibility index (Phi) is 18.0. The van der Waals surface area contributed by atoms with E-state index in [9.17, 15) is 4.79 Å². The van der Waals surface area contributed by atoms with Gasteiger partial charge in [0.2, 0.25) is 0 Å². The van der Waals surface area contributed by atoms with Crippen LogP contribution in [0.1, 0.15) is 13.3 Å². The third kappa shape index (κ3) is 88.2. The molecule has 0 bridgehead atoms. The summed E-state index contributed by atoms with van der Waals surface area (Å²) in [6.45, 7) is 1.51. The van der Waals surface area contributed by atoms with Gasteiger partial charge in [0.15, 0.2) is 0 Å². The number of methoxy groups -OCH3 is 1. The summed E-state index contributed by atoms with van der Waals surface area (Å²) in [5.41, 5.74) is 0. The Hall–Kier alpha value is -0.500. The van der Waals surface area contributed by atoms with Gasteiger partial charge in [-0.3, -0.25) is 4.79 Å². The zero-order chi connectivity index (χ0) is 12.9. The molecule has 0 aromatic rings. The van der Waals surface area contributed by atoms with Crippen molar-refractivity contribution in [2.24, 2.45) is 0 Å². The minimum absolute atomic E-state index is 0.125. The Balaban J connectivity index is -0.000000147. The van der Waals surface area contributed by atoms with E-state index < -0.39 is 7.82 Å². The van der Waals surface area contributed by atoms with Crippen molar-refractivity contribution >= 4 is 13.8 Å². The fraction of sp³-hybridized carbons (Fsp3) is 0.833. The number of aliphatic hydroxyl groups is 2. The number of hydrogen-bond acceptors (Lipinski definition) is 5. The van der Waals surface area contributed by atoms with Crippen LogP contribution in [0.4, 0.5) is 0 Å². The van der Waals surface area contributed by atoms with Crippen LogP contribution in [0.5, 0.6) is 0 Å². The van der Waals surface area contributed by atoms with Crippen LogP contribution in [-0.4, -0.2) is 51.2 Å². The lowest BCUT2D eigenvalue weighted by atomic mass is 10.5. The lowest BCUT2D eigenvalue weighted by molar-refractivity contribution is -0.140. The Bertz CT molecular complexity index is 160. The molecule has 5 N–H and O–H groups in total. The molecule has 0 aliphatic carbocycles. The quantitative estimate of drug-likeness (QED) is 0.297. The van der Waals surface area contributed by atoms with Gasteiger partial charge in [0.25, 0.3) is 0 Å². The molecule has 0 aromatic carbocycles. The number of esters is 1. The molecule has 94 valence electrons. The summed E-state index contributed by atoms with van der Waals surface area (Å²) in [7, 11) is -3.26. The van der Waals surface area contributed by atoms with E-state index >= 15 is 0 Å². The maximum Gasteiger partial charge on any atom is 0.466 e. The molecule has 0 rings (SSSR count). The summed E-state index contributed by atoms with van der Waals surface area (Å²) in [5, 5.41) is 15.2. The lowest BCUT2D eigenvalue weighted by Gasteiger charge is -1.87.